The second kappa shape index (κ2) is 4.44. The van der Waals surface area contributed by atoms with Crippen LogP contribution in [0.1, 0.15) is 13.3 Å². The van der Waals surface area contributed by atoms with Crippen molar-refractivity contribution in [1.29, 1.82) is 0 Å². The van der Waals surface area contributed by atoms with E-state index in [-0.39, 0.29) is 18.1 Å². The lowest BCUT2D eigenvalue weighted by atomic mass is 10.2. The first kappa shape index (κ1) is 10.2. The van der Waals surface area contributed by atoms with Crippen molar-refractivity contribution in [2.75, 3.05) is 6.54 Å². The average molecular weight is 209 g/mol. The molecule has 82 valence electrons. The van der Waals surface area contributed by atoms with Crippen LogP contribution in [0.15, 0.2) is 18.5 Å². The number of esters is 1. The lowest BCUT2D eigenvalue weighted by Gasteiger charge is -2.08. The first-order valence-electron chi connectivity index (χ1n) is 5.17. The Hall–Kier alpha value is -1.36. The van der Waals surface area contributed by atoms with E-state index in [1.54, 1.807) is 6.20 Å². The topological polar surface area (TPSA) is 56.2 Å². The molecule has 1 fully saturated rings. The third-order valence-electron chi connectivity index (χ3n) is 2.46. The van der Waals surface area contributed by atoms with Gasteiger partial charge in [0.25, 0.3) is 0 Å². The van der Waals surface area contributed by atoms with Gasteiger partial charge in [-0.05, 0) is 13.0 Å². The summed E-state index contributed by atoms with van der Waals surface area (Å²) < 4.78 is 6.87. The third kappa shape index (κ3) is 2.56. The van der Waals surface area contributed by atoms with Crippen molar-refractivity contribution in [1.82, 2.24) is 15.1 Å². The Morgan fingerprint density at radius 1 is 1.73 bits per heavy atom. The van der Waals surface area contributed by atoms with Gasteiger partial charge in [-0.15, -0.1) is 0 Å². The van der Waals surface area contributed by atoms with Crippen molar-refractivity contribution in [3.8, 4) is 0 Å². The van der Waals surface area contributed by atoms with Crippen LogP contribution in [0.3, 0.4) is 0 Å². The number of nitrogens with zero attached hydrogens (tertiary/aromatic N) is 2. The highest BCUT2D eigenvalue weighted by Gasteiger charge is 2.30. The summed E-state index contributed by atoms with van der Waals surface area (Å²) >= 11 is 0. The van der Waals surface area contributed by atoms with Gasteiger partial charge in [-0.1, -0.05) is 0 Å². The van der Waals surface area contributed by atoms with Crippen molar-refractivity contribution < 1.29 is 9.53 Å². The molecule has 1 saturated heterocycles. The van der Waals surface area contributed by atoms with Crippen LogP contribution in [0.4, 0.5) is 0 Å². The van der Waals surface area contributed by atoms with Gasteiger partial charge in [-0.25, -0.2) is 0 Å². The van der Waals surface area contributed by atoms with E-state index in [9.17, 15) is 4.79 Å². The molecule has 0 amide bonds. The molecule has 1 aliphatic rings. The Labute approximate surface area is 88.4 Å². The number of carbonyl (C=O) groups excluding carboxylic acids is 1. The van der Waals surface area contributed by atoms with Crippen LogP contribution in [0.2, 0.25) is 0 Å². The summed E-state index contributed by atoms with van der Waals surface area (Å²) in [5.74, 6) is -0.136. The molecule has 1 N–H and O–H groups in total. The molecule has 2 rings (SSSR count). The van der Waals surface area contributed by atoms with E-state index in [1.165, 1.54) is 0 Å². The van der Waals surface area contributed by atoms with Gasteiger partial charge >= 0.3 is 5.97 Å². The van der Waals surface area contributed by atoms with Crippen molar-refractivity contribution in [3.63, 3.8) is 0 Å². The normalized spacial score (nSPS) is 25.5. The molecule has 5 heteroatoms. The van der Waals surface area contributed by atoms with Crippen LogP contribution in [0.5, 0.6) is 0 Å². The molecular formula is C10H15N3O2. The molecule has 5 nitrogen and oxygen atoms in total. The zero-order valence-electron chi connectivity index (χ0n) is 8.72. The summed E-state index contributed by atoms with van der Waals surface area (Å²) in [6, 6.07) is 1.74. The lowest BCUT2D eigenvalue weighted by Crippen LogP contribution is -2.35. The molecule has 1 aromatic rings. The van der Waals surface area contributed by atoms with Gasteiger partial charge in [0.2, 0.25) is 0 Å². The average Bonchev–Trinajstić information content (AvgIpc) is 2.77. The third-order valence-corrected chi connectivity index (χ3v) is 2.46. The van der Waals surface area contributed by atoms with Crippen molar-refractivity contribution in [3.05, 3.63) is 18.5 Å². The Bertz CT molecular complexity index is 323. The number of nitrogens with one attached hydrogen (secondary N) is 1. The molecule has 0 radical (unpaired) electrons. The highest BCUT2D eigenvalue weighted by Crippen LogP contribution is 2.13. The quantitative estimate of drug-likeness (QED) is 0.718. The number of cyclic esters (lactones) is 1. The molecule has 1 aliphatic heterocycles. The molecule has 0 saturated carbocycles. The Morgan fingerprint density at radius 2 is 2.60 bits per heavy atom. The highest BCUT2D eigenvalue weighted by molar-refractivity contribution is 5.77. The zero-order valence-corrected chi connectivity index (χ0v) is 8.72. The summed E-state index contributed by atoms with van der Waals surface area (Å²) in [4.78, 5) is 11.3. The Balaban J connectivity index is 1.72. The number of hydrogen-bond donors (Lipinski definition) is 1. The minimum atomic E-state index is -0.143. The molecular weight excluding hydrogens is 194 g/mol. The number of hydrogen-bond acceptors (Lipinski definition) is 4. The number of aromatic nitrogens is 2. The smallest absolute Gasteiger partial charge is 0.323 e. The van der Waals surface area contributed by atoms with Crippen LogP contribution >= 0.6 is 0 Å². The Kier molecular flexibility index (Phi) is 3.01. The van der Waals surface area contributed by atoms with E-state index in [0.717, 1.165) is 19.5 Å². The zero-order chi connectivity index (χ0) is 10.7. The fraction of sp³-hybridized carbons (Fsp3) is 0.600. The molecule has 1 aromatic heterocycles. The SMILES string of the molecule is C[C@@H]1C[C@@H](NCCn2cccn2)C(=O)O1. The van der Waals surface area contributed by atoms with Crippen molar-refractivity contribution >= 4 is 5.97 Å². The highest BCUT2D eigenvalue weighted by atomic mass is 16.6. The number of ether oxygens (including phenoxy) is 1. The first-order chi connectivity index (χ1) is 7.25. The Morgan fingerprint density at radius 3 is 3.20 bits per heavy atom. The number of carbonyl (C=O) groups is 1. The van der Waals surface area contributed by atoms with Crippen LogP contribution in [0, 0.1) is 0 Å². The first-order valence-corrected chi connectivity index (χ1v) is 5.17. The molecule has 15 heavy (non-hydrogen) atoms. The van der Waals surface area contributed by atoms with Gasteiger partial charge in [0.05, 0.1) is 6.54 Å². The summed E-state index contributed by atoms with van der Waals surface area (Å²) in [5, 5.41) is 7.24. The summed E-state index contributed by atoms with van der Waals surface area (Å²) in [7, 11) is 0. The van der Waals surface area contributed by atoms with Gasteiger partial charge in [-0.2, -0.15) is 5.10 Å². The fourth-order valence-electron chi connectivity index (χ4n) is 1.71. The van der Waals surface area contributed by atoms with Gasteiger partial charge < -0.3 is 10.1 Å². The molecule has 0 bridgehead atoms. The number of rotatable bonds is 4. The van der Waals surface area contributed by atoms with Crippen LogP contribution in [0.25, 0.3) is 0 Å². The second-order valence-corrected chi connectivity index (χ2v) is 3.76. The van der Waals surface area contributed by atoms with Gasteiger partial charge in [0.15, 0.2) is 0 Å². The second-order valence-electron chi connectivity index (χ2n) is 3.76. The predicted octanol–water partition coefficient (Wildman–Crippen LogP) is 0.177. The largest absolute Gasteiger partial charge is 0.461 e. The molecule has 0 unspecified atom stereocenters. The fourth-order valence-corrected chi connectivity index (χ4v) is 1.71. The van der Waals surface area contributed by atoms with E-state index in [4.69, 9.17) is 4.74 Å². The lowest BCUT2D eigenvalue weighted by molar-refractivity contribution is -0.142. The van der Waals surface area contributed by atoms with Gasteiger partial charge in [0, 0.05) is 25.4 Å². The van der Waals surface area contributed by atoms with Gasteiger partial charge in [-0.3, -0.25) is 9.48 Å². The standard InChI is InChI=1S/C10H15N3O2/c1-8-7-9(10(14)15-8)11-4-6-13-5-2-3-12-13/h2-3,5,8-9,11H,4,6-7H2,1H3/t8-,9-/m1/s1. The van der Waals surface area contributed by atoms with Crippen molar-refractivity contribution in [2.45, 2.75) is 32.0 Å². The molecule has 2 atom stereocenters. The van der Waals surface area contributed by atoms with Crippen LogP contribution < -0.4 is 5.32 Å². The van der Waals surface area contributed by atoms with E-state index in [0.29, 0.717) is 0 Å². The summed E-state index contributed by atoms with van der Waals surface area (Å²) in [6.07, 6.45) is 4.45. The molecule has 0 aliphatic carbocycles. The molecule has 0 spiro atoms. The minimum absolute atomic E-state index is 0.0414. The maximum atomic E-state index is 11.3. The van der Waals surface area contributed by atoms with E-state index < -0.39 is 0 Å². The monoisotopic (exact) mass is 209 g/mol. The summed E-state index contributed by atoms with van der Waals surface area (Å²) in [6.45, 7) is 3.41. The summed E-state index contributed by atoms with van der Waals surface area (Å²) in [5.41, 5.74) is 0. The minimum Gasteiger partial charge on any atom is -0.461 e. The predicted molar refractivity (Wildman–Crippen MR) is 54.2 cm³/mol. The van der Waals surface area contributed by atoms with Gasteiger partial charge in [0.1, 0.15) is 12.1 Å². The maximum absolute atomic E-state index is 11.3. The van der Waals surface area contributed by atoms with Crippen molar-refractivity contribution in [2.24, 2.45) is 0 Å². The van der Waals surface area contributed by atoms with E-state index in [1.807, 2.05) is 23.9 Å². The van der Waals surface area contributed by atoms with Crippen LogP contribution in [-0.4, -0.2) is 34.4 Å². The molecule has 0 aromatic carbocycles. The van der Waals surface area contributed by atoms with E-state index in [2.05, 4.69) is 10.4 Å². The molecule has 2 heterocycles. The van der Waals surface area contributed by atoms with Crippen LogP contribution in [-0.2, 0) is 16.1 Å². The van der Waals surface area contributed by atoms with E-state index >= 15 is 0 Å². The maximum Gasteiger partial charge on any atom is 0.323 e.